The van der Waals surface area contributed by atoms with E-state index in [0.29, 0.717) is 32.6 Å². The van der Waals surface area contributed by atoms with E-state index in [2.05, 4.69) is 13.0 Å². The Hall–Kier alpha value is -3.48. The predicted molar refractivity (Wildman–Crippen MR) is 149 cm³/mol. The van der Waals surface area contributed by atoms with Crippen LogP contribution in [0.25, 0.3) is 0 Å². The van der Waals surface area contributed by atoms with E-state index in [1.807, 2.05) is 77.9 Å². The lowest BCUT2D eigenvalue weighted by Crippen LogP contribution is -2.54. The Morgan fingerprint density at radius 3 is 2.34 bits per heavy atom. The van der Waals surface area contributed by atoms with Crippen molar-refractivity contribution in [3.05, 3.63) is 70.9 Å². The molecule has 204 valence electrons. The fourth-order valence-electron chi connectivity index (χ4n) is 6.27. The fraction of sp³-hybridized carbons (Fsp3) is 0.484. The minimum absolute atomic E-state index is 0.0367. The molecule has 3 amide bonds. The highest BCUT2D eigenvalue weighted by Gasteiger charge is 2.55. The van der Waals surface area contributed by atoms with Gasteiger partial charge in [-0.15, -0.1) is 0 Å². The first kappa shape index (κ1) is 27.6. The number of carbonyl (C=O) groups excluding carboxylic acids is 2. The van der Waals surface area contributed by atoms with Crippen molar-refractivity contribution < 1.29 is 19.1 Å². The van der Waals surface area contributed by atoms with Crippen LogP contribution in [-0.4, -0.2) is 66.0 Å². The van der Waals surface area contributed by atoms with E-state index >= 15 is 0 Å². The Bertz CT molecular complexity index is 1190. The molecular formula is C31H41N3O4. The molecule has 0 bridgehead atoms. The van der Waals surface area contributed by atoms with Crippen molar-refractivity contribution in [1.82, 2.24) is 14.7 Å². The van der Waals surface area contributed by atoms with Crippen molar-refractivity contribution >= 4 is 11.9 Å². The summed E-state index contributed by atoms with van der Waals surface area (Å²) in [6.07, 6.45) is 4.13. The molecule has 2 saturated heterocycles. The number of carbonyl (C=O) groups is 2. The normalized spacial score (nSPS) is 19.6. The van der Waals surface area contributed by atoms with Gasteiger partial charge in [-0.2, -0.15) is 0 Å². The molecule has 0 N–H and O–H groups in total. The topological polar surface area (TPSA) is 62.3 Å². The van der Waals surface area contributed by atoms with Gasteiger partial charge in [0.25, 0.3) is 0 Å². The molecule has 2 aromatic carbocycles. The minimum atomic E-state index is -0.400. The standard InChI is InChI=1S/C29H35N3O4.C2H6/c1-5-32-28(34)31-19-22-17-23(35-3)18-24(36-4)27(22)20(2)15-25(31)29(32)11-13-30(14-12-29)26(33)16-21-9-7-6-8-10-21;1-2/h6-10,15,17-18,20H,5,11-14,16,19H2,1-4H3;1-2H3/t20-;/m0./s1. The molecule has 0 aromatic heterocycles. The van der Waals surface area contributed by atoms with Gasteiger partial charge in [0.2, 0.25) is 5.91 Å². The van der Waals surface area contributed by atoms with Crippen LogP contribution < -0.4 is 9.47 Å². The van der Waals surface area contributed by atoms with Crippen LogP contribution in [-0.2, 0) is 17.8 Å². The van der Waals surface area contributed by atoms with Crippen molar-refractivity contribution in [2.75, 3.05) is 33.9 Å². The fourth-order valence-corrected chi connectivity index (χ4v) is 6.27. The van der Waals surface area contributed by atoms with Gasteiger partial charge >= 0.3 is 6.03 Å². The molecular weight excluding hydrogens is 478 g/mol. The van der Waals surface area contributed by atoms with Crippen LogP contribution in [0.2, 0.25) is 0 Å². The molecule has 2 aromatic rings. The average Bonchev–Trinajstić information content (AvgIpc) is 3.05. The third kappa shape index (κ3) is 4.74. The second kappa shape index (κ2) is 11.5. The second-order valence-corrected chi connectivity index (χ2v) is 9.93. The van der Waals surface area contributed by atoms with E-state index in [1.54, 1.807) is 14.2 Å². The van der Waals surface area contributed by atoms with Gasteiger partial charge in [0.15, 0.2) is 0 Å². The minimum Gasteiger partial charge on any atom is -0.497 e. The molecule has 5 rings (SSSR count). The summed E-state index contributed by atoms with van der Waals surface area (Å²) in [6.45, 7) is 10.6. The van der Waals surface area contributed by atoms with Gasteiger partial charge in [-0.25, -0.2) is 4.79 Å². The summed E-state index contributed by atoms with van der Waals surface area (Å²) in [5.41, 5.74) is 3.84. The van der Waals surface area contributed by atoms with Crippen LogP contribution in [0.3, 0.4) is 0 Å². The maximum Gasteiger partial charge on any atom is 0.325 e. The van der Waals surface area contributed by atoms with Crippen molar-refractivity contribution in [1.29, 1.82) is 0 Å². The third-order valence-electron chi connectivity index (χ3n) is 8.05. The summed E-state index contributed by atoms with van der Waals surface area (Å²) in [4.78, 5) is 32.7. The lowest BCUT2D eigenvalue weighted by Gasteiger charge is -2.44. The summed E-state index contributed by atoms with van der Waals surface area (Å²) in [5, 5.41) is 0. The average molecular weight is 520 g/mol. The monoisotopic (exact) mass is 519 g/mol. The Balaban J connectivity index is 0.00000164. The summed E-state index contributed by atoms with van der Waals surface area (Å²) in [5.74, 6) is 1.72. The maximum atomic E-state index is 13.7. The zero-order chi connectivity index (χ0) is 27.4. The highest BCUT2D eigenvalue weighted by atomic mass is 16.5. The first-order valence-corrected chi connectivity index (χ1v) is 13.8. The Morgan fingerprint density at radius 1 is 1.05 bits per heavy atom. The van der Waals surface area contributed by atoms with Gasteiger partial charge < -0.3 is 19.3 Å². The molecule has 7 nitrogen and oxygen atoms in total. The zero-order valence-corrected chi connectivity index (χ0v) is 23.6. The van der Waals surface area contributed by atoms with Crippen LogP contribution in [0.5, 0.6) is 11.5 Å². The number of methoxy groups -OCH3 is 2. The largest absolute Gasteiger partial charge is 0.497 e. The number of likely N-dealkylation sites (tertiary alicyclic amines) is 1. The van der Waals surface area contributed by atoms with Crippen molar-refractivity contribution in [2.45, 2.75) is 65.0 Å². The quantitative estimate of drug-likeness (QED) is 0.517. The number of nitrogens with zero attached hydrogens (tertiary/aromatic N) is 3. The van der Waals surface area contributed by atoms with E-state index in [9.17, 15) is 9.59 Å². The van der Waals surface area contributed by atoms with Crippen molar-refractivity contribution in [2.24, 2.45) is 0 Å². The Kier molecular flexibility index (Phi) is 8.34. The number of urea groups is 1. The number of likely N-dealkylation sites (N-methyl/N-ethyl adjacent to an activating group) is 1. The summed E-state index contributed by atoms with van der Waals surface area (Å²) >= 11 is 0. The van der Waals surface area contributed by atoms with E-state index in [1.165, 1.54) is 0 Å². The highest BCUT2D eigenvalue weighted by molar-refractivity contribution is 5.83. The summed E-state index contributed by atoms with van der Waals surface area (Å²) in [6, 6.07) is 13.9. The van der Waals surface area contributed by atoms with Crippen LogP contribution in [0.4, 0.5) is 4.79 Å². The Morgan fingerprint density at radius 2 is 1.74 bits per heavy atom. The van der Waals surface area contributed by atoms with Gasteiger partial charge in [0.05, 0.1) is 32.7 Å². The number of hydrogen-bond donors (Lipinski definition) is 0. The molecule has 0 saturated carbocycles. The van der Waals surface area contributed by atoms with Crippen molar-refractivity contribution in [3.8, 4) is 11.5 Å². The number of piperidine rings is 1. The number of amides is 3. The Labute approximate surface area is 227 Å². The number of fused-ring (bicyclic) bond motifs is 3. The molecule has 2 fully saturated rings. The third-order valence-corrected chi connectivity index (χ3v) is 8.05. The van der Waals surface area contributed by atoms with Crippen LogP contribution in [0.15, 0.2) is 54.2 Å². The number of benzene rings is 2. The van der Waals surface area contributed by atoms with Crippen LogP contribution in [0.1, 0.15) is 63.1 Å². The van der Waals surface area contributed by atoms with E-state index in [0.717, 1.165) is 46.7 Å². The van der Waals surface area contributed by atoms with Gasteiger partial charge in [0, 0.05) is 42.9 Å². The number of ether oxygens (including phenoxy) is 2. The van der Waals surface area contributed by atoms with Gasteiger partial charge in [0.1, 0.15) is 11.5 Å². The number of hydrogen-bond acceptors (Lipinski definition) is 4. The lowest BCUT2D eigenvalue weighted by molar-refractivity contribution is -0.132. The van der Waals surface area contributed by atoms with Gasteiger partial charge in [-0.1, -0.05) is 57.2 Å². The zero-order valence-electron chi connectivity index (χ0n) is 23.6. The second-order valence-electron chi connectivity index (χ2n) is 9.93. The highest BCUT2D eigenvalue weighted by Crippen LogP contribution is 2.49. The predicted octanol–water partition coefficient (Wildman–Crippen LogP) is 5.59. The molecule has 0 aliphatic carbocycles. The van der Waals surface area contributed by atoms with Crippen molar-refractivity contribution in [3.63, 3.8) is 0 Å². The molecule has 3 heterocycles. The van der Waals surface area contributed by atoms with Gasteiger partial charge in [-0.05, 0) is 37.0 Å². The SMILES string of the molecule is CC.CCN1C(=O)N2Cc3cc(OC)cc(OC)c3[C@@H](C)C=C2C12CCN(C(=O)Cc1ccccc1)CC2. The molecule has 3 aliphatic rings. The molecule has 0 radical (unpaired) electrons. The first-order valence-electron chi connectivity index (χ1n) is 13.8. The van der Waals surface area contributed by atoms with Crippen LogP contribution in [0, 0.1) is 0 Å². The van der Waals surface area contributed by atoms with E-state index < -0.39 is 5.54 Å². The lowest BCUT2D eigenvalue weighted by atomic mass is 9.82. The summed E-state index contributed by atoms with van der Waals surface area (Å²) < 4.78 is 11.2. The molecule has 1 spiro atoms. The molecule has 7 heteroatoms. The number of rotatable bonds is 5. The smallest absolute Gasteiger partial charge is 0.325 e. The number of allylic oxidation sites excluding steroid dienone is 1. The summed E-state index contributed by atoms with van der Waals surface area (Å²) in [7, 11) is 3.32. The molecule has 38 heavy (non-hydrogen) atoms. The van der Waals surface area contributed by atoms with E-state index in [4.69, 9.17) is 9.47 Å². The molecule has 1 atom stereocenters. The first-order chi connectivity index (χ1) is 18.4. The molecule has 3 aliphatic heterocycles. The van der Waals surface area contributed by atoms with Gasteiger partial charge in [-0.3, -0.25) is 9.69 Å². The van der Waals surface area contributed by atoms with Crippen LogP contribution >= 0.6 is 0 Å². The van der Waals surface area contributed by atoms with E-state index in [-0.39, 0.29) is 17.9 Å². The maximum absolute atomic E-state index is 13.7. The molecule has 0 unspecified atom stereocenters.